The first-order chi connectivity index (χ1) is 22.3. The maximum atomic E-state index is 6.48. The van der Waals surface area contributed by atoms with E-state index in [0.717, 1.165) is 55.7 Å². The number of hydrogen-bond acceptors (Lipinski definition) is 4. The third-order valence-electron chi connectivity index (χ3n) is 8.47. The molecule has 0 aliphatic rings. The SMILES string of the molecule is c1ccc(-c2ccc(N(c3ccc4ccccc4c3)c3cccc4oc5cc6nc(-c7ccccc7)oc6cc5c34)cc2)cc1. The first kappa shape index (κ1) is 25.4. The van der Waals surface area contributed by atoms with Crippen LogP contribution < -0.4 is 4.90 Å². The quantitative estimate of drug-likeness (QED) is 0.204. The molecule has 0 spiro atoms. The van der Waals surface area contributed by atoms with Crippen LogP contribution in [0.3, 0.4) is 0 Å². The number of oxazole rings is 1. The lowest BCUT2D eigenvalue weighted by Gasteiger charge is -2.27. The van der Waals surface area contributed by atoms with E-state index in [4.69, 9.17) is 13.8 Å². The summed E-state index contributed by atoms with van der Waals surface area (Å²) < 4.78 is 12.8. The van der Waals surface area contributed by atoms with Gasteiger partial charge in [0.25, 0.3) is 0 Å². The fraction of sp³-hybridized carbons (Fsp3) is 0. The summed E-state index contributed by atoms with van der Waals surface area (Å²) in [7, 11) is 0. The minimum atomic E-state index is 0.596. The topological polar surface area (TPSA) is 42.4 Å². The summed E-state index contributed by atoms with van der Waals surface area (Å²) in [6.07, 6.45) is 0. The van der Waals surface area contributed by atoms with Gasteiger partial charge in [0.15, 0.2) is 5.58 Å². The first-order valence-electron chi connectivity index (χ1n) is 15.0. The predicted octanol–water partition coefficient (Wildman–Crippen LogP) is 11.7. The Hall–Kier alpha value is -6.13. The van der Waals surface area contributed by atoms with Crippen molar-refractivity contribution in [1.29, 1.82) is 0 Å². The van der Waals surface area contributed by atoms with Crippen LogP contribution in [0, 0.1) is 0 Å². The van der Waals surface area contributed by atoms with Crippen molar-refractivity contribution in [2.24, 2.45) is 0 Å². The molecular formula is C41H26N2O2. The standard InChI is InChI=1S/C41H26N2O2/c1-3-10-27(11-4-1)29-18-21-32(22-19-29)43(33-23-20-28-12-7-8-15-31(28)24-33)36-16-9-17-37-40(36)34-25-39-35(26-38(34)44-37)42-41(45-39)30-13-5-2-6-14-30/h1-26H. The van der Waals surface area contributed by atoms with Gasteiger partial charge in [-0.25, -0.2) is 4.98 Å². The number of anilines is 3. The highest BCUT2D eigenvalue weighted by Gasteiger charge is 2.21. The molecule has 0 atom stereocenters. The van der Waals surface area contributed by atoms with E-state index in [0.29, 0.717) is 5.89 Å². The van der Waals surface area contributed by atoms with Crippen molar-refractivity contribution >= 4 is 60.9 Å². The molecule has 0 saturated heterocycles. The highest BCUT2D eigenvalue weighted by molar-refractivity contribution is 6.15. The average Bonchev–Trinajstić information content (AvgIpc) is 3.69. The molecule has 2 heterocycles. The Labute approximate surface area is 259 Å². The van der Waals surface area contributed by atoms with Gasteiger partial charge in [0.05, 0.1) is 11.1 Å². The molecule has 0 aliphatic carbocycles. The summed E-state index contributed by atoms with van der Waals surface area (Å²) in [5, 5.41) is 4.39. The number of hydrogen-bond donors (Lipinski definition) is 0. The van der Waals surface area contributed by atoms with Gasteiger partial charge in [-0.1, -0.05) is 97.1 Å². The van der Waals surface area contributed by atoms with Crippen molar-refractivity contribution in [1.82, 2.24) is 4.98 Å². The van der Waals surface area contributed by atoms with E-state index in [1.54, 1.807) is 0 Å². The first-order valence-corrected chi connectivity index (χ1v) is 15.0. The summed E-state index contributed by atoms with van der Waals surface area (Å²) in [4.78, 5) is 7.10. The van der Waals surface area contributed by atoms with Gasteiger partial charge in [-0.15, -0.1) is 0 Å². The Morgan fingerprint density at radius 2 is 1.13 bits per heavy atom. The monoisotopic (exact) mass is 578 g/mol. The van der Waals surface area contributed by atoms with E-state index in [1.165, 1.54) is 21.9 Å². The molecule has 0 radical (unpaired) electrons. The van der Waals surface area contributed by atoms with Crippen LogP contribution in [0.5, 0.6) is 0 Å². The maximum absolute atomic E-state index is 6.48. The smallest absolute Gasteiger partial charge is 0.227 e. The molecule has 9 aromatic rings. The Morgan fingerprint density at radius 1 is 0.444 bits per heavy atom. The molecule has 212 valence electrons. The molecule has 0 bridgehead atoms. The van der Waals surface area contributed by atoms with Gasteiger partial charge in [0.2, 0.25) is 5.89 Å². The molecule has 2 aromatic heterocycles. The third-order valence-corrected chi connectivity index (χ3v) is 8.47. The zero-order chi connectivity index (χ0) is 29.7. The normalized spacial score (nSPS) is 11.6. The van der Waals surface area contributed by atoms with Gasteiger partial charge >= 0.3 is 0 Å². The number of furan rings is 1. The molecule has 4 nitrogen and oxygen atoms in total. The van der Waals surface area contributed by atoms with Gasteiger partial charge in [-0.3, -0.25) is 0 Å². The van der Waals surface area contributed by atoms with E-state index < -0.39 is 0 Å². The van der Waals surface area contributed by atoms with Crippen LogP contribution in [-0.2, 0) is 0 Å². The Balaban J connectivity index is 1.26. The minimum Gasteiger partial charge on any atom is -0.456 e. The van der Waals surface area contributed by atoms with Crippen molar-refractivity contribution < 1.29 is 8.83 Å². The Morgan fingerprint density at radius 3 is 1.93 bits per heavy atom. The van der Waals surface area contributed by atoms with E-state index >= 15 is 0 Å². The second kappa shape index (κ2) is 10.2. The van der Waals surface area contributed by atoms with Crippen molar-refractivity contribution in [3.05, 3.63) is 158 Å². The molecule has 45 heavy (non-hydrogen) atoms. The van der Waals surface area contributed by atoms with E-state index in [2.05, 4.69) is 114 Å². The van der Waals surface area contributed by atoms with Crippen molar-refractivity contribution in [2.45, 2.75) is 0 Å². The van der Waals surface area contributed by atoms with Gasteiger partial charge in [0, 0.05) is 28.4 Å². The molecule has 0 aliphatic heterocycles. The Kier molecular flexibility index (Phi) is 5.78. The number of fused-ring (bicyclic) bond motifs is 5. The lowest BCUT2D eigenvalue weighted by atomic mass is 10.0. The summed E-state index contributed by atoms with van der Waals surface area (Å²) >= 11 is 0. The zero-order valence-corrected chi connectivity index (χ0v) is 24.2. The Bertz CT molecular complexity index is 2480. The molecule has 4 heteroatoms. The highest BCUT2D eigenvalue weighted by Crippen LogP contribution is 2.44. The molecule has 0 saturated carbocycles. The molecule has 0 amide bonds. The van der Waals surface area contributed by atoms with Crippen molar-refractivity contribution in [3.8, 4) is 22.6 Å². The predicted molar refractivity (Wildman–Crippen MR) is 184 cm³/mol. The molecule has 0 fully saturated rings. The lowest BCUT2D eigenvalue weighted by molar-refractivity contribution is 0.620. The van der Waals surface area contributed by atoms with E-state index in [9.17, 15) is 0 Å². The van der Waals surface area contributed by atoms with Crippen LogP contribution in [0.15, 0.2) is 167 Å². The van der Waals surface area contributed by atoms with E-state index in [-0.39, 0.29) is 0 Å². The summed E-state index contributed by atoms with van der Waals surface area (Å²) in [5.74, 6) is 0.596. The van der Waals surface area contributed by atoms with Gasteiger partial charge in [-0.2, -0.15) is 0 Å². The molecule has 9 rings (SSSR count). The highest BCUT2D eigenvalue weighted by atomic mass is 16.4. The lowest BCUT2D eigenvalue weighted by Crippen LogP contribution is -2.10. The summed E-state index contributed by atoms with van der Waals surface area (Å²) in [5.41, 5.74) is 9.53. The second-order valence-corrected chi connectivity index (χ2v) is 11.2. The number of nitrogens with zero attached hydrogens (tertiary/aromatic N) is 2. The molecule has 0 unspecified atom stereocenters. The van der Waals surface area contributed by atoms with Gasteiger partial charge in [0.1, 0.15) is 16.7 Å². The fourth-order valence-corrected chi connectivity index (χ4v) is 6.30. The van der Waals surface area contributed by atoms with Crippen LogP contribution >= 0.6 is 0 Å². The van der Waals surface area contributed by atoms with Crippen LogP contribution in [0.25, 0.3) is 66.4 Å². The molecule has 0 N–H and O–H groups in total. The van der Waals surface area contributed by atoms with Crippen molar-refractivity contribution in [2.75, 3.05) is 4.90 Å². The number of rotatable bonds is 5. The van der Waals surface area contributed by atoms with E-state index in [1.807, 2.05) is 48.5 Å². The van der Waals surface area contributed by atoms with Crippen LogP contribution in [0.1, 0.15) is 0 Å². The third kappa shape index (κ3) is 4.35. The number of benzene rings is 7. The van der Waals surface area contributed by atoms with Gasteiger partial charge in [-0.05, 0) is 76.5 Å². The summed E-state index contributed by atoms with van der Waals surface area (Å²) in [6, 6.07) is 54.6. The number of aromatic nitrogens is 1. The van der Waals surface area contributed by atoms with Crippen molar-refractivity contribution in [3.63, 3.8) is 0 Å². The average molecular weight is 579 g/mol. The fourth-order valence-electron chi connectivity index (χ4n) is 6.30. The van der Waals surface area contributed by atoms with Crippen LogP contribution in [0.2, 0.25) is 0 Å². The zero-order valence-electron chi connectivity index (χ0n) is 24.2. The molecule has 7 aromatic carbocycles. The minimum absolute atomic E-state index is 0.596. The van der Waals surface area contributed by atoms with Crippen LogP contribution in [-0.4, -0.2) is 4.98 Å². The second-order valence-electron chi connectivity index (χ2n) is 11.2. The largest absolute Gasteiger partial charge is 0.456 e. The van der Waals surface area contributed by atoms with Crippen LogP contribution in [0.4, 0.5) is 17.1 Å². The molecular weight excluding hydrogens is 552 g/mol. The van der Waals surface area contributed by atoms with Gasteiger partial charge < -0.3 is 13.7 Å². The maximum Gasteiger partial charge on any atom is 0.227 e. The summed E-state index contributed by atoms with van der Waals surface area (Å²) in [6.45, 7) is 0.